The predicted molar refractivity (Wildman–Crippen MR) is 82.1 cm³/mol. The standard InChI is InChI=1S/C14H15N3O2.ClH/c15-11-4-5-13(16)10(8-11)3-6-14(18)17-9-12-2-1-7-19-12;/h1-8H,9,15-16H2,(H,17,18);1H. The third-order valence-electron chi connectivity index (χ3n) is 2.54. The zero-order valence-corrected chi connectivity index (χ0v) is 11.5. The summed E-state index contributed by atoms with van der Waals surface area (Å²) in [6, 6.07) is 8.69. The monoisotopic (exact) mass is 293 g/mol. The molecule has 0 saturated carbocycles. The first-order valence-electron chi connectivity index (χ1n) is 5.78. The third kappa shape index (κ3) is 4.37. The maximum Gasteiger partial charge on any atom is 0.244 e. The second-order valence-corrected chi connectivity index (χ2v) is 4.02. The van der Waals surface area contributed by atoms with Gasteiger partial charge in [-0.15, -0.1) is 12.4 Å². The van der Waals surface area contributed by atoms with Crippen molar-refractivity contribution in [3.63, 3.8) is 0 Å². The molecule has 1 aromatic heterocycles. The average molecular weight is 294 g/mol. The molecular formula is C14H16ClN3O2. The van der Waals surface area contributed by atoms with E-state index in [1.165, 1.54) is 6.08 Å². The van der Waals surface area contributed by atoms with Crippen LogP contribution in [0.1, 0.15) is 11.3 Å². The van der Waals surface area contributed by atoms with Crippen molar-refractivity contribution in [3.05, 3.63) is 54.0 Å². The van der Waals surface area contributed by atoms with Gasteiger partial charge < -0.3 is 21.2 Å². The molecule has 0 aliphatic heterocycles. The predicted octanol–water partition coefficient (Wildman–Crippen LogP) is 2.20. The smallest absolute Gasteiger partial charge is 0.244 e. The van der Waals surface area contributed by atoms with Crippen LogP contribution < -0.4 is 16.8 Å². The normalized spacial score (nSPS) is 10.2. The Morgan fingerprint density at radius 1 is 1.30 bits per heavy atom. The molecule has 5 N–H and O–H groups in total. The topological polar surface area (TPSA) is 94.3 Å². The van der Waals surface area contributed by atoms with Crippen molar-refractivity contribution in [3.8, 4) is 0 Å². The molecule has 0 aliphatic rings. The summed E-state index contributed by atoms with van der Waals surface area (Å²) in [7, 11) is 0. The molecule has 106 valence electrons. The summed E-state index contributed by atoms with van der Waals surface area (Å²) in [6.07, 6.45) is 4.60. The summed E-state index contributed by atoms with van der Waals surface area (Å²) in [4.78, 5) is 11.6. The van der Waals surface area contributed by atoms with Crippen LogP contribution in [0, 0.1) is 0 Å². The molecule has 1 heterocycles. The molecule has 0 saturated heterocycles. The summed E-state index contributed by atoms with van der Waals surface area (Å²) in [5.41, 5.74) is 13.3. The summed E-state index contributed by atoms with van der Waals surface area (Å²) in [5, 5.41) is 2.70. The maximum atomic E-state index is 11.6. The molecule has 0 radical (unpaired) electrons. The summed E-state index contributed by atoms with van der Waals surface area (Å²) in [6.45, 7) is 0.350. The van der Waals surface area contributed by atoms with Crippen LogP contribution in [0.25, 0.3) is 6.08 Å². The van der Waals surface area contributed by atoms with Gasteiger partial charge in [-0.25, -0.2) is 0 Å². The fourth-order valence-electron chi connectivity index (χ4n) is 1.55. The summed E-state index contributed by atoms with van der Waals surface area (Å²) >= 11 is 0. The van der Waals surface area contributed by atoms with E-state index >= 15 is 0 Å². The van der Waals surface area contributed by atoms with Crippen LogP contribution in [-0.4, -0.2) is 5.91 Å². The lowest BCUT2D eigenvalue weighted by molar-refractivity contribution is -0.116. The highest BCUT2D eigenvalue weighted by Crippen LogP contribution is 2.16. The number of rotatable bonds is 4. The van der Waals surface area contributed by atoms with Crippen LogP contribution in [0.2, 0.25) is 0 Å². The zero-order chi connectivity index (χ0) is 13.7. The van der Waals surface area contributed by atoms with Crippen LogP contribution >= 0.6 is 12.4 Å². The van der Waals surface area contributed by atoms with E-state index in [-0.39, 0.29) is 18.3 Å². The van der Waals surface area contributed by atoms with Gasteiger partial charge >= 0.3 is 0 Å². The molecule has 0 fully saturated rings. The average Bonchev–Trinajstić information content (AvgIpc) is 2.90. The number of furan rings is 1. The molecule has 2 aromatic rings. The van der Waals surface area contributed by atoms with Gasteiger partial charge in [0, 0.05) is 17.5 Å². The van der Waals surface area contributed by atoms with E-state index in [0.29, 0.717) is 29.2 Å². The van der Waals surface area contributed by atoms with Crippen molar-refractivity contribution in [2.24, 2.45) is 0 Å². The number of halogens is 1. The van der Waals surface area contributed by atoms with Gasteiger partial charge in [0.15, 0.2) is 0 Å². The van der Waals surface area contributed by atoms with Crippen molar-refractivity contribution < 1.29 is 9.21 Å². The van der Waals surface area contributed by atoms with E-state index in [1.54, 1.807) is 42.7 Å². The minimum absolute atomic E-state index is 0. The lowest BCUT2D eigenvalue weighted by Crippen LogP contribution is -2.19. The van der Waals surface area contributed by atoms with Crippen LogP contribution in [-0.2, 0) is 11.3 Å². The molecule has 0 bridgehead atoms. The second-order valence-electron chi connectivity index (χ2n) is 4.02. The van der Waals surface area contributed by atoms with Gasteiger partial charge in [0.05, 0.1) is 12.8 Å². The van der Waals surface area contributed by atoms with Gasteiger partial charge in [-0.2, -0.15) is 0 Å². The number of benzene rings is 1. The molecule has 1 amide bonds. The highest BCUT2D eigenvalue weighted by molar-refractivity contribution is 5.92. The Bertz CT molecular complexity index is 594. The van der Waals surface area contributed by atoms with Gasteiger partial charge in [-0.3, -0.25) is 4.79 Å². The number of hydrogen-bond acceptors (Lipinski definition) is 4. The van der Waals surface area contributed by atoms with E-state index < -0.39 is 0 Å². The Hall–Kier alpha value is -2.40. The van der Waals surface area contributed by atoms with E-state index in [9.17, 15) is 4.79 Å². The van der Waals surface area contributed by atoms with Crippen molar-refractivity contribution in [1.82, 2.24) is 5.32 Å². The summed E-state index contributed by atoms with van der Waals surface area (Å²) in [5.74, 6) is 0.475. The number of anilines is 2. The van der Waals surface area contributed by atoms with E-state index in [2.05, 4.69) is 5.32 Å². The molecule has 1 aromatic carbocycles. The number of amides is 1. The number of hydrogen-bond donors (Lipinski definition) is 3. The largest absolute Gasteiger partial charge is 0.467 e. The van der Waals surface area contributed by atoms with Crippen LogP contribution in [0.4, 0.5) is 11.4 Å². The van der Waals surface area contributed by atoms with Crippen LogP contribution in [0.5, 0.6) is 0 Å². The highest BCUT2D eigenvalue weighted by Gasteiger charge is 2.00. The quantitative estimate of drug-likeness (QED) is 0.595. The maximum absolute atomic E-state index is 11.6. The number of nitrogen functional groups attached to an aromatic ring is 2. The Kier molecular flexibility index (Phi) is 5.68. The first-order valence-corrected chi connectivity index (χ1v) is 5.78. The molecule has 0 aliphatic carbocycles. The van der Waals surface area contributed by atoms with Crippen LogP contribution in [0.3, 0.4) is 0 Å². The van der Waals surface area contributed by atoms with E-state index in [1.807, 2.05) is 0 Å². The Balaban J connectivity index is 0.00000200. The van der Waals surface area contributed by atoms with Gasteiger partial charge in [0.25, 0.3) is 0 Å². The highest BCUT2D eigenvalue weighted by atomic mass is 35.5. The molecule has 6 heteroatoms. The minimum atomic E-state index is -0.224. The fraction of sp³-hybridized carbons (Fsp3) is 0.0714. The van der Waals surface area contributed by atoms with Crippen LogP contribution in [0.15, 0.2) is 47.1 Å². The number of nitrogens with one attached hydrogen (secondary N) is 1. The number of carbonyl (C=O) groups is 1. The lowest BCUT2D eigenvalue weighted by atomic mass is 10.1. The Labute approximate surface area is 123 Å². The molecule has 0 unspecified atom stereocenters. The summed E-state index contributed by atoms with van der Waals surface area (Å²) < 4.78 is 5.11. The third-order valence-corrected chi connectivity index (χ3v) is 2.54. The van der Waals surface area contributed by atoms with Gasteiger partial charge in [0.2, 0.25) is 5.91 Å². The number of nitrogens with two attached hydrogens (primary N) is 2. The lowest BCUT2D eigenvalue weighted by Gasteiger charge is -2.02. The van der Waals surface area contributed by atoms with Crippen molar-refractivity contribution in [2.45, 2.75) is 6.54 Å². The van der Waals surface area contributed by atoms with Gasteiger partial charge in [-0.1, -0.05) is 0 Å². The minimum Gasteiger partial charge on any atom is -0.467 e. The fourth-order valence-corrected chi connectivity index (χ4v) is 1.55. The van der Waals surface area contributed by atoms with Crippen molar-refractivity contribution in [2.75, 3.05) is 11.5 Å². The second kappa shape index (κ2) is 7.25. The molecule has 20 heavy (non-hydrogen) atoms. The van der Waals surface area contributed by atoms with E-state index in [0.717, 1.165) is 0 Å². The van der Waals surface area contributed by atoms with Gasteiger partial charge in [0.1, 0.15) is 5.76 Å². The van der Waals surface area contributed by atoms with Gasteiger partial charge in [-0.05, 0) is 42.0 Å². The molecule has 0 spiro atoms. The SMILES string of the molecule is Cl.Nc1ccc(N)c(C=CC(=O)NCc2ccco2)c1. The Morgan fingerprint density at radius 2 is 2.10 bits per heavy atom. The molecule has 0 atom stereocenters. The molecule has 5 nitrogen and oxygen atoms in total. The first kappa shape index (κ1) is 15.7. The zero-order valence-electron chi connectivity index (χ0n) is 10.7. The Morgan fingerprint density at radius 3 is 2.80 bits per heavy atom. The first-order chi connectivity index (χ1) is 9.15. The molecule has 2 rings (SSSR count). The van der Waals surface area contributed by atoms with Crippen molar-refractivity contribution in [1.29, 1.82) is 0 Å². The van der Waals surface area contributed by atoms with Crippen molar-refractivity contribution >= 4 is 35.8 Å². The van der Waals surface area contributed by atoms with E-state index in [4.69, 9.17) is 15.9 Å². The molecular weight excluding hydrogens is 278 g/mol. The number of carbonyl (C=O) groups excluding carboxylic acids is 1.